The first kappa shape index (κ1) is 16.3. The smallest absolute Gasteiger partial charge is 0.260 e. The highest BCUT2D eigenvalue weighted by Gasteiger charge is 2.19. The SMILES string of the molecule is COCCNC(=O)C(C)Oc1c(F)cc(CN)cc1F. The molecule has 1 aromatic carbocycles. The van der Waals surface area contributed by atoms with Crippen molar-refractivity contribution >= 4 is 5.91 Å². The molecule has 0 saturated carbocycles. The third-order valence-corrected chi connectivity index (χ3v) is 2.56. The summed E-state index contributed by atoms with van der Waals surface area (Å²) in [4.78, 5) is 11.6. The lowest BCUT2D eigenvalue weighted by Crippen LogP contribution is -2.38. The lowest BCUT2D eigenvalue weighted by Gasteiger charge is -2.16. The Morgan fingerprint density at radius 3 is 2.50 bits per heavy atom. The van der Waals surface area contributed by atoms with Gasteiger partial charge >= 0.3 is 0 Å². The van der Waals surface area contributed by atoms with Crippen LogP contribution in [0.3, 0.4) is 0 Å². The average Bonchev–Trinajstić information content (AvgIpc) is 2.42. The first-order valence-corrected chi connectivity index (χ1v) is 6.10. The van der Waals surface area contributed by atoms with Crippen LogP contribution in [0.4, 0.5) is 8.78 Å². The highest BCUT2D eigenvalue weighted by Crippen LogP contribution is 2.24. The van der Waals surface area contributed by atoms with Crippen molar-refractivity contribution in [2.24, 2.45) is 5.73 Å². The van der Waals surface area contributed by atoms with Crippen LogP contribution in [0.15, 0.2) is 12.1 Å². The summed E-state index contributed by atoms with van der Waals surface area (Å²) in [5.74, 6) is -2.84. The van der Waals surface area contributed by atoms with E-state index in [1.807, 2.05) is 0 Å². The van der Waals surface area contributed by atoms with Crippen molar-refractivity contribution in [1.29, 1.82) is 0 Å². The molecule has 0 spiro atoms. The summed E-state index contributed by atoms with van der Waals surface area (Å²) in [6, 6.07) is 2.15. The van der Waals surface area contributed by atoms with Gasteiger partial charge in [-0.15, -0.1) is 0 Å². The van der Waals surface area contributed by atoms with Crippen LogP contribution < -0.4 is 15.8 Å². The molecule has 7 heteroatoms. The number of carbonyl (C=O) groups is 1. The number of hydrogen-bond donors (Lipinski definition) is 2. The minimum atomic E-state index is -1.03. The second-order valence-electron chi connectivity index (χ2n) is 4.14. The Hall–Kier alpha value is -1.73. The first-order valence-electron chi connectivity index (χ1n) is 6.10. The van der Waals surface area contributed by atoms with Crippen LogP contribution in [0, 0.1) is 11.6 Å². The highest BCUT2D eigenvalue weighted by molar-refractivity contribution is 5.80. The van der Waals surface area contributed by atoms with Crippen molar-refractivity contribution < 1.29 is 23.0 Å². The molecule has 20 heavy (non-hydrogen) atoms. The molecule has 0 aliphatic carbocycles. The maximum atomic E-state index is 13.7. The molecule has 0 radical (unpaired) electrons. The van der Waals surface area contributed by atoms with Crippen LogP contribution >= 0.6 is 0 Å². The van der Waals surface area contributed by atoms with E-state index in [2.05, 4.69) is 5.32 Å². The van der Waals surface area contributed by atoms with Gasteiger partial charge in [-0.05, 0) is 24.6 Å². The molecular formula is C13H18F2N2O3. The lowest BCUT2D eigenvalue weighted by atomic mass is 10.2. The van der Waals surface area contributed by atoms with Crippen LogP contribution in [-0.2, 0) is 16.1 Å². The Morgan fingerprint density at radius 1 is 1.40 bits per heavy atom. The predicted octanol–water partition coefficient (Wildman–Crippen LogP) is 0.953. The maximum Gasteiger partial charge on any atom is 0.260 e. The normalized spacial score (nSPS) is 12.1. The zero-order valence-corrected chi connectivity index (χ0v) is 11.4. The molecule has 0 aliphatic heterocycles. The largest absolute Gasteiger partial charge is 0.475 e. The van der Waals surface area contributed by atoms with Crippen LogP contribution in [0.1, 0.15) is 12.5 Å². The Labute approximate surface area is 116 Å². The van der Waals surface area contributed by atoms with Gasteiger partial charge in [0, 0.05) is 20.2 Å². The zero-order valence-electron chi connectivity index (χ0n) is 11.4. The van der Waals surface area contributed by atoms with Crippen molar-refractivity contribution in [2.45, 2.75) is 19.6 Å². The van der Waals surface area contributed by atoms with E-state index in [0.717, 1.165) is 12.1 Å². The quantitative estimate of drug-likeness (QED) is 0.733. The molecule has 0 bridgehead atoms. The first-order chi connectivity index (χ1) is 9.49. The molecule has 0 heterocycles. The van der Waals surface area contributed by atoms with Crippen LogP contribution in [0.2, 0.25) is 0 Å². The van der Waals surface area contributed by atoms with E-state index >= 15 is 0 Å². The second-order valence-corrected chi connectivity index (χ2v) is 4.14. The Kier molecular flexibility index (Phi) is 6.33. The standard InChI is InChI=1S/C13H18F2N2O3/c1-8(13(18)17-3-4-19-2)20-12-10(14)5-9(7-16)6-11(12)15/h5-6,8H,3-4,7,16H2,1-2H3,(H,17,18). The lowest BCUT2D eigenvalue weighted by molar-refractivity contribution is -0.127. The number of benzene rings is 1. The monoisotopic (exact) mass is 288 g/mol. The van der Waals surface area contributed by atoms with E-state index in [4.69, 9.17) is 15.2 Å². The van der Waals surface area contributed by atoms with E-state index < -0.39 is 29.4 Å². The van der Waals surface area contributed by atoms with Gasteiger partial charge < -0.3 is 20.5 Å². The molecule has 1 rings (SSSR count). The summed E-state index contributed by atoms with van der Waals surface area (Å²) in [5.41, 5.74) is 5.61. The molecule has 0 saturated heterocycles. The van der Waals surface area contributed by atoms with Gasteiger partial charge in [-0.2, -0.15) is 0 Å². The molecular weight excluding hydrogens is 270 g/mol. The van der Waals surface area contributed by atoms with E-state index in [1.165, 1.54) is 14.0 Å². The Balaban J connectivity index is 2.70. The third kappa shape index (κ3) is 4.43. The number of methoxy groups -OCH3 is 1. The van der Waals surface area contributed by atoms with Gasteiger partial charge in [-0.3, -0.25) is 4.79 Å². The van der Waals surface area contributed by atoms with E-state index in [1.54, 1.807) is 0 Å². The summed E-state index contributed by atoms with van der Waals surface area (Å²) in [6.45, 7) is 2.05. The van der Waals surface area contributed by atoms with E-state index in [9.17, 15) is 13.6 Å². The van der Waals surface area contributed by atoms with Gasteiger partial charge in [0.25, 0.3) is 5.91 Å². The predicted molar refractivity (Wildman–Crippen MR) is 69.2 cm³/mol. The molecule has 1 aromatic rings. The van der Waals surface area contributed by atoms with Gasteiger partial charge in [-0.1, -0.05) is 0 Å². The highest BCUT2D eigenvalue weighted by atomic mass is 19.1. The third-order valence-electron chi connectivity index (χ3n) is 2.56. The minimum Gasteiger partial charge on any atom is -0.475 e. The molecule has 3 N–H and O–H groups in total. The number of nitrogens with one attached hydrogen (secondary N) is 1. The summed E-state index contributed by atoms with van der Waals surface area (Å²) in [7, 11) is 1.50. The molecule has 1 amide bonds. The molecule has 1 unspecified atom stereocenters. The van der Waals surface area contributed by atoms with Gasteiger partial charge in [0.15, 0.2) is 23.5 Å². The average molecular weight is 288 g/mol. The number of carbonyl (C=O) groups excluding carboxylic acids is 1. The molecule has 5 nitrogen and oxygen atoms in total. The van der Waals surface area contributed by atoms with Gasteiger partial charge in [-0.25, -0.2) is 8.78 Å². The number of ether oxygens (including phenoxy) is 2. The summed E-state index contributed by atoms with van der Waals surface area (Å²) >= 11 is 0. The number of rotatable bonds is 7. The van der Waals surface area contributed by atoms with E-state index in [-0.39, 0.29) is 6.54 Å². The summed E-state index contributed by atoms with van der Waals surface area (Å²) in [5, 5.41) is 2.51. The molecule has 112 valence electrons. The molecule has 0 fully saturated rings. The number of nitrogens with two attached hydrogens (primary N) is 1. The van der Waals surface area contributed by atoms with Gasteiger partial charge in [0.05, 0.1) is 6.61 Å². The van der Waals surface area contributed by atoms with E-state index in [0.29, 0.717) is 18.7 Å². The summed E-state index contributed by atoms with van der Waals surface area (Å²) < 4.78 is 37.1. The number of amides is 1. The minimum absolute atomic E-state index is 0.0151. The fourth-order valence-electron chi connectivity index (χ4n) is 1.49. The number of halogens is 2. The zero-order chi connectivity index (χ0) is 15.1. The van der Waals surface area contributed by atoms with Gasteiger partial charge in [0.2, 0.25) is 0 Å². The Morgan fingerprint density at radius 2 is 2.00 bits per heavy atom. The van der Waals surface area contributed by atoms with Crippen molar-refractivity contribution in [2.75, 3.05) is 20.3 Å². The maximum absolute atomic E-state index is 13.7. The Bertz CT molecular complexity index is 446. The van der Waals surface area contributed by atoms with Crippen molar-refractivity contribution in [1.82, 2.24) is 5.32 Å². The molecule has 0 aromatic heterocycles. The topological polar surface area (TPSA) is 73.6 Å². The molecule has 0 aliphatic rings. The van der Waals surface area contributed by atoms with Gasteiger partial charge in [0.1, 0.15) is 0 Å². The van der Waals surface area contributed by atoms with Crippen LogP contribution in [-0.4, -0.2) is 32.3 Å². The van der Waals surface area contributed by atoms with Crippen LogP contribution in [0.5, 0.6) is 5.75 Å². The van der Waals surface area contributed by atoms with Crippen molar-refractivity contribution in [3.05, 3.63) is 29.3 Å². The second kappa shape index (κ2) is 7.76. The fraction of sp³-hybridized carbons (Fsp3) is 0.462. The van der Waals surface area contributed by atoms with Crippen molar-refractivity contribution in [3.8, 4) is 5.75 Å². The molecule has 1 atom stereocenters. The number of hydrogen-bond acceptors (Lipinski definition) is 4. The van der Waals surface area contributed by atoms with Crippen LogP contribution in [0.25, 0.3) is 0 Å². The fourth-order valence-corrected chi connectivity index (χ4v) is 1.49. The van der Waals surface area contributed by atoms with Crippen molar-refractivity contribution in [3.63, 3.8) is 0 Å². The summed E-state index contributed by atoms with van der Waals surface area (Å²) in [6.07, 6.45) is -1.03.